The Morgan fingerprint density at radius 3 is 2.91 bits per heavy atom. The highest BCUT2D eigenvalue weighted by Gasteiger charge is 2.09. The smallest absolute Gasteiger partial charge is 0.228 e. The maximum absolute atomic E-state index is 5.98. The zero-order valence-corrected chi connectivity index (χ0v) is 14.2. The zero-order valence-electron chi connectivity index (χ0n) is 13.5. The third-order valence-electron chi connectivity index (χ3n) is 3.02. The molecular weight excluding hydrogens is 314 g/mol. The van der Waals surface area contributed by atoms with E-state index in [0.717, 1.165) is 31.0 Å². The zero-order chi connectivity index (χ0) is 16.5. The van der Waals surface area contributed by atoms with E-state index >= 15 is 0 Å². The van der Waals surface area contributed by atoms with Gasteiger partial charge in [0.25, 0.3) is 0 Å². The van der Waals surface area contributed by atoms with E-state index < -0.39 is 0 Å². The Morgan fingerprint density at radius 1 is 1.30 bits per heavy atom. The molecule has 0 bridgehead atoms. The van der Waals surface area contributed by atoms with Crippen LogP contribution >= 0.6 is 11.6 Å². The molecule has 7 heteroatoms. The number of hydrogen-bond donors (Lipinski definition) is 2. The van der Waals surface area contributed by atoms with Gasteiger partial charge in [-0.25, -0.2) is 0 Å². The number of hydrogen-bond acceptors (Lipinski definition) is 4. The van der Waals surface area contributed by atoms with Crippen molar-refractivity contribution in [2.24, 2.45) is 4.99 Å². The van der Waals surface area contributed by atoms with E-state index in [1.807, 2.05) is 31.2 Å². The summed E-state index contributed by atoms with van der Waals surface area (Å²) in [6, 6.07) is 7.39. The molecule has 0 saturated carbocycles. The van der Waals surface area contributed by atoms with Gasteiger partial charge in [-0.2, -0.15) is 4.98 Å². The molecule has 23 heavy (non-hydrogen) atoms. The molecule has 2 aromatic rings. The summed E-state index contributed by atoms with van der Waals surface area (Å²) in [5.74, 6) is 1.94. The summed E-state index contributed by atoms with van der Waals surface area (Å²) in [7, 11) is 0. The highest BCUT2D eigenvalue weighted by molar-refractivity contribution is 6.30. The molecule has 0 spiro atoms. The van der Waals surface area contributed by atoms with Gasteiger partial charge in [0.2, 0.25) is 11.7 Å². The molecule has 2 rings (SSSR count). The molecule has 1 aromatic carbocycles. The summed E-state index contributed by atoms with van der Waals surface area (Å²) in [4.78, 5) is 8.83. The number of benzene rings is 1. The third kappa shape index (κ3) is 5.56. The average Bonchev–Trinajstić information content (AvgIpc) is 3.01. The van der Waals surface area contributed by atoms with Crippen molar-refractivity contribution in [2.45, 2.75) is 26.7 Å². The molecule has 1 aromatic heterocycles. The molecule has 0 amide bonds. The largest absolute Gasteiger partial charge is 0.357 e. The normalized spacial score (nSPS) is 11.5. The summed E-state index contributed by atoms with van der Waals surface area (Å²) in [5, 5.41) is 11.1. The van der Waals surface area contributed by atoms with Crippen LogP contribution in [0.25, 0.3) is 11.4 Å². The molecule has 6 nitrogen and oxygen atoms in total. The molecule has 0 fully saturated rings. The van der Waals surface area contributed by atoms with Gasteiger partial charge in [-0.1, -0.05) is 35.8 Å². The van der Waals surface area contributed by atoms with Crippen LogP contribution in [0, 0.1) is 0 Å². The predicted octanol–water partition coefficient (Wildman–Crippen LogP) is 2.90. The van der Waals surface area contributed by atoms with E-state index in [9.17, 15) is 0 Å². The molecule has 0 radical (unpaired) electrons. The Labute approximate surface area is 141 Å². The Kier molecular flexibility index (Phi) is 6.87. The lowest BCUT2D eigenvalue weighted by atomic mass is 10.2. The first-order chi connectivity index (χ1) is 11.2. The molecular formula is C16H22ClN5O. The fourth-order valence-electron chi connectivity index (χ4n) is 1.95. The Hall–Kier alpha value is -2.08. The number of guanidine groups is 1. The first-order valence-electron chi connectivity index (χ1n) is 7.83. The molecule has 0 atom stereocenters. The minimum Gasteiger partial charge on any atom is -0.357 e. The van der Waals surface area contributed by atoms with E-state index in [1.54, 1.807) is 0 Å². The van der Waals surface area contributed by atoms with Gasteiger partial charge >= 0.3 is 0 Å². The number of rotatable bonds is 7. The van der Waals surface area contributed by atoms with Crippen LogP contribution < -0.4 is 10.6 Å². The van der Waals surface area contributed by atoms with Crippen LogP contribution in [-0.2, 0) is 6.42 Å². The van der Waals surface area contributed by atoms with Crippen molar-refractivity contribution in [3.05, 3.63) is 35.2 Å². The molecule has 124 valence electrons. The summed E-state index contributed by atoms with van der Waals surface area (Å²) in [6.45, 7) is 6.44. The number of nitrogens with zero attached hydrogens (tertiary/aromatic N) is 3. The van der Waals surface area contributed by atoms with E-state index in [1.165, 1.54) is 0 Å². The lowest BCUT2D eigenvalue weighted by molar-refractivity contribution is 0.378. The van der Waals surface area contributed by atoms with E-state index in [0.29, 0.717) is 29.7 Å². The minimum absolute atomic E-state index is 0.550. The number of aliphatic imine (C=N–C) groups is 1. The first-order valence-corrected chi connectivity index (χ1v) is 8.21. The molecule has 0 aliphatic rings. The van der Waals surface area contributed by atoms with Crippen LogP contribution in [0.1, 0.15) is 26.2 Å². The Bertz CT molecular complexity index is 641. The second kappa shape index (κ2) is 9.15. The van der Waals surface area contributed by atoms with Crippen LogP contribution in [0.3, 0.4) is 0 Å². The second-order valence-electron chi connectivity index (χ2n) is 4.96. The van der Waals surface area contributed by atoms with Crippen molar-refractivity contribution in [1.29, 1.82) is 0 Å². The van der Waals surface area contributed by atoms with Crippen molar-refractivity contribution in [3.63, 3.8) is 0 Å². The maximum atomic E-state index is 5.98. The Balaban J connectivity index is 1.89. The van der Waals surface area contributed by atoms with Gasteiger partial charge in [-0.15, -0.1) is 0 Å². The van der Waals surface area contributed by atoms with Crippen molar-refractivity contribution >= 4 is 17.6 Å². The highest BCUT2D eigenvalue weighted by atomic mass is 35.5. The molecule has 1 heterocycles. The van der Waals surface area contributed by atoms with Gasteiger partial charge in [0, 0.05) is 36.6 Å². The van der Waals surface area contributed by atoms with Gasteiger partial charge in [0.1, 0.15) is 0 Å². The van der Waals surface area contributed by atoms with Gasteiger partial charge < -0.3 is 15.2 Å². The maximum Gasteiger partial charge on any atom is 0.228 e. The van der Waals surface area contributed by atoms with Crippen LogP contribution in [-0.4, -0.2) is 35.7 Å². The van der Waals surface area contributed by atoms with Gasteiger partial charge in [0.15, 0.2) is 5.96 Å². The summed E-state index contributed by atoms with van der Waals surface area (Å²) < 4.78 is 5.28. The molecule has 2 N–H and O–H groups in total. The standard InChI is InChI=1S/C16H22ClN5O/c1-3-9-19-16(18-4-2)20-10-8-14-21-15(22-23-14)12-6-5-7-13(17)11-12/h5-7,11H,3-4,8-10H2,1-2H3,(H2,18,19,20). The van der Waals surface area contributed by atoms with Crippen molar-refractivity contribution in [1.82, 2.24) is 20.8 Å². The SMILES string of the molecule is CCCN=C(NCC)NCCc1nc(-c2cccc(Cl)c2)no1. The predicted molar refractivity (Wildman–Crippen MR) is 92.7 cm³/mol. The molecule has 0 unspecified atom stereocenters. The number of aromatic nitrogens is 2. The Morgan fingerprint density at radius 2 is 2.17 bits per heavy atom. The minimum atomic E-state index is 0.550. The third-order valence-corrected chi connectivity index (χ3v) is 3.26. The molecule has 0 aliphatic carbocycles. The van der Waals surface area contributed by atoms with Gasteiger partial charge in [0.05, 0.1) is 0 Å². The van der Waals surface area contributed by atoms with Gasteiger partial charge in [-0.05, 0) is 25.5 Å². The van der Waals surface area contributed by atoms with Crippen LogP contribution in [0.2, 0.25) is 5.02 Å². The average molecular weight is 336 g/mol. The van der Waals surface area contributed by atoms with E-state index in [2.05, 4.69) is 32.7 Å². The summed E-state index contributed by atoms with van der Waals surface area (Å²) in [6.07, 6.45) is 1.65. The summed E-state index contributed by atoms with van der Waals surface area (Å²) >= 11 is 5.98. The van der Waals surface area contributed by atoms with Crippen molar-refractivity contribution < 1.29 is 4.52 Å². The van der Waals surface area contributed by atoms with Crippen molar-refractivity contribution in [2.75, 3.05) is 19.6 Å². The first kappa shape index (κ1) is 17.3. The monoisotopic (exact) mass is 335 g/mol. The van der Waals surface area contributed by atoms with Crippen molar-refractivity contribution in [3.8, 4) is 11.4 Å². The van der Waals surface area contributed by atoms with Crippen LogP contribution in [0.4, 0.5) is 0 Å². The van der Waals surface area contributed by atoms with Crippen LogP contribution in [0.5, 0.6) is 0 Å². The fourth-order valence-corrected chi connectivity index (χ4v) is 2.14. The van der Waals surface area contributed by atoms with E-state index in [4.69, 9.17) is 16.1 Å². The van der Waals surface area contributed by atoms with Crippen LogP contribution in [0.15, 0.2) is 33.8 Å². The second-order valence-corrected chi connectivity index (χ2v) is 5.40. The van der Waals surface area contributed by atoms with Gasteiger partial charge in [-0.3, -0.25) is 4.99 Å². The highest BCUT2D eigenvalue weighted by Crippen LogP contribution is 2.19. The quantitative estimate of drug-likeness (QED) is 0.601. The number of nitrogens with one attached hydrogen (secondary N) is 2. The fraction of sp³-hybridized carbons (Fsp3) is 0.438. The van der Waals surface area contributed by atoms with E-state index in [-0.39, 0.29) is 0 Å². The molecule has 0 saturated heterocycles. The molecule has 0 aliphatic heterocycles. The number of halogens is 1. The lowest BCUT2D eigenvalue weighted by Gasteiger charge is -2.09. The summed E-state index contributed by atoms with van der Waals surface area (Å²) in [5.41, 5.74) is 0.846. The topological polar surface area (TPSA) is 75.3 Å². The lowest BCUT2D eigenvalue weighted by Crippen LogP contribution is -2.38.